The van der Waals surface area contributed by atoms with Crippen molar-refractivity contribution >= 4 is 12.6 Å². The van der Waals surface area contributed by atoms with Gasteiger partial charge in [-0.1, -0.05) is 6.07 Å². The molecule has 1 aromatic rings. The molecule has 0 aliphatic carbocycles. The lowest BCUT2D eigenvalue weighted by atomic mass is 9.79. The summed E-state index contributed by atoms with van der Waals surface area (Å²) in [5.74, 6) is -3.10. The molecule has 0 bridgehead atoms. The average molecular weight is 284 g/mol. The highest BCUT2D eigenvalue weighted by molar-refractivity contribution is 6.62. The smallest absolute Gasteiger partial charge is 0.399 e. The van der Waals surface area contributed by atoms with Crippen molar-refractivity contribution < 1.29 is 18.1 Å². The molecule has 0 amide bonds. The minimum Gasteiger partial charge on any atom is -0.399 e. The quantitative estimate of drug-likeness (QED) is 0.853. The van der Waals surface area contributed by atoms with E-state index in [2.05, 4.69) is 4.98 Å². The summed E-state index contributed by atoms with van der Waals surface area (Å²) in [4.78, 5) is 3.84. The Balaban J connectivity index is 2.30. The summed E-state index contributed by atoms with van der Waals surface area (Å²) in [6, 6.07) is 1.34. The van der Waals surface area contributed by atoms with Crippen LogP contribution in [0.3, 0.4) is 0 Å². The number of aromatic nitrogens is 1. The molecule has 0 atom stereocenters. The number of hydrogen-bond donors (Lipinski definition) is 1. The number of alkyl halides is 2. The second-order valence-electron chi connectivity index (χ2n) is 6.00. The number of hydrogen-bond acceptors (Lipinski definition) is 4. The molecule has 0 aromatic carbocycles. The summed E-state index contributed by atoms with van der Waals surface area (Å²) in [5.41, 5.74) is 4.28. The molecule has 1 aliphatic heterocycles. The lowest BCUT2D eigenvalue weighted by Crippen LogP contribution is -2.41. The molecule has 0 radical (unpaired) electrons. The second kappa shape index (κ2) is 4.75. The molecule has 110 valence electrons. The summed E-state index contributed by atoms with van der Waals surface area (Å²) in [6.07, 6.45) is 2.58. The molecule has 4 nitrogen and oxygen atoms in total. The van der Waals surface area contributed by atoms with E-state index in [1.165, 1.54) is 12.3 Å². The summed E-state index contributed by atoms with van der Waals surface area (Å²) in [6.45, 7) is 6.84. The first-order valence-electron chi connectivity index (χ1n) is 6.48. The molecule has 0 spiro atoms. The average Bonchev–Trinajstić information content (AvgIpc) is 2.59. The molecule has 2 heterocycles. The molecule has 1 aromatic heterocycles. The minimum absolute atomic E-state index is 0.229. The standard InChI is InChI=1S/C13H19BF2N2O2/c1-11(2)12(3,4)20-14(19-11)10-5-9(6-18-7-10)13(15,16)8-17/h5-7H,8,17H2,1-4H3. The van der Waals surface area contributed by atoms with Crippen molar-refractivity contribution in [2.24, 2.45) is 5.73 Å². The minimum atomic E-state index is -3.10. The Hall–Kier alpha value is -1.05. The molecule has 2 N–H and O–H groups in total. The zero-order valence-corrected chi connectivity index (χ0v) is 12.1. The Morgan fingerprint density at radius 3 is 2.25 bits per heavy atom. The van der Waals surface area contributed by atoms with Crippen LogP contribution in [0.5, 0.6) is 0 Å². The second-order valence-corrected chi connectivity index (χ2v) is 6.00. The monoisotopic (exact) mass is 284 g/mol. The van der Waals surface area contributed by atoms with Gasteiger partial charge in [0.05, 0.1) is 17.7 Å². The van der Waals surface area contributed by atoms with E-state index in [0.29, 0.717) is 5.46 Å². The van der Waals surface area contributed by atoms with Gasteiger partial charge < -0.3 is 15.0 Å². The maximum Gasteiger partial charge on any atom is 0.496 e. The van der Waals surface area contributed by atoms with Crippen molar-refractivity contribution in [2.75, 3.05) is 6.54 Å². The maximum absolute atomic E-state index is 13.6. The van der Waals surface area contributed by atoms with Crippen LogP contribution in [-0.4, -0.2) is 29.8 Å². The van der Waals surface area contributed by atoms with Gasteiger partial charge in [-0.15, -0.1) is 0 Å². The Kier molecular flexibility index (Phi) is 3.65. The summed E-state index contributed by atoms with van der Waals surface area (Å²) in [7, 11) is -0.707. The molecule has 7 heteroatoms. The number of nitrogens with zero attached hydrogens (tertiary/aromatic N) is 1. The molecule has 1 fully saturated rings. The number of rotatable bonds is 3. The van der Waals surface area contributed by atoms with E-state index >= 15 is 0 Å². The van der Waals surface area contributed by atoms with Crippen LogP contribution >= 0.6 is 0 Å². The van der Waals surface area contributed by atoms with Gasteiger partial charge in [0.1, 0.15) is 0 Å². The van der Waals surface area contributed by atoms with Crippen molar-refractivity contribution in [2.45, 2.75) is 44.8 Å². The molecule has 1 saturated heterocycles. The third kappa shape index (κ3) is 2.57. The fourth-order valence-corrected chi connectivity index (χ4v) is 1.88. The zero-order chi connectivity index (χ0) is 15.2. The Morgan fingerprint density at radius 1 is 1.20 bits per heavy atom. The van der Waals surface area contributed by atoms with Crippen LogP contribution in [0.15, 0.2) is 18.5 Å². The van der Waals surface area contributed by atoms with E-state index in [9.17, 15) is 8.78 Å². The topological polar surface area (TPSA) is 57.4 Å². The number of pyridine rings is 1. The maximum atomic E-state index is 13.6. The lowest BCUT2D eigenvalue weighted by Gasteiger charge is -2.32. The van der Waals surface area contributed by atoms with Gasteiger partial charge in [-0.25, -0.2) is 0 Å². The summed E-state index contributed by atoms with van der Waals surface area (Å²) in [5, 5.41) is 0. The van der Waals surface area contributed by atoms with Crippen LogP contribution in [0.1, 0.15) is 33.3 Å². The van der Waals surface area contributed by atoms with Gasteiger partial charge in [0.25, 0.3) is 5.92 Å². The Labute approximate surface area is 117 Å². The zero-order valence-electron chi connectivity index (χ0n) is 12.1. The fourth-order valence-electron chi connectivity index (χ4n) is 1.88. The lowest BCUT2D eigenvalue weighted by molar-refractivity contribution is 0.00568. The fraction of sp³-hybridized carbons (Fsp3) is 0.615. The molecule has 0 saturated carbocycles. The van der Waals surface area contributed by atoms with Gasteiger partial charge in [-0.05, 0) is 27.7 Å². The van der Waals surface area contributed by atoms with Crippen LogP contribution in [0.2, 0.25) is 0 Å². The normalized spacial score (nSPS) is 21.2. The summed E-state index contributed by atoms with van der Waals surface area (Å²) >= 11 is 0. The number of nitrogens with two attached hydrogens (primary N) is 1. The summed E-state index contributed by atoms with van der Waals surface area (Å²) < 4.78 is 38.8. The highest BCUT2D eigenvalue weighted by Gasteiger charge is 2.52. The number of halogens is 2. The van der Waals surface area contributed by atoms with E-state index in [1.807, 2.05) is 27.7 Å². The van der Waals surface area contributed by atoms with Gasteiger partial charge in [-0.2, -0.15) is 8.78 Å². The van der Waals surface area contributed by atoms with Crippen LogP contribution in [0, 0.1) is 0 Å². The van der Waals surface area contributed by atoms with Crippen LogP contribution in [0.4, 0.5) is 8.78 Å². The van der Waals surface area contributed by atoms with Crippen molar-refractivity contribution in [3.8, 4) is 0 Å². The van der Waals surface area contributed by atoms with E-state index in [4.69, 9.17) is 15.0 Å². The van der Waals surface area contributed by atoms with E-state index in [1.54, 1.807) is 0 Å². The first kappa shape index (κ1) is 15.3. The van der Waals surface area contributed by atoms with Crippen molar-refractivity contribution in [1.82, 2.24) is 4.98 Å². The molecule has 1 aliphatic rings. The molecule has 20 heavy (non-hydrogen) atoms. The molecular formula is C13H19BF2N2O2. The van der Waals surface area contributed by atoms with Crippen molar-refractivity contribution in [3.63, 3.8) is 0 Å². The highest BCUT2D eigenvalue weighted by Crippen LogP contribution is 2.36. The predicted molar refractivity (Wildman–Crippen MR) is 72.9 cm³/mol. The van der Waals surface area contributed by atoms with Gasteiger partial charge in [-0.3, -0.25) is 4.98 Å². The van der Waals surface area contributed by atoms with Crippen molar-refractivity contribution in [1.29, 1.82) is 0 Å². The van der Waals surface area contributed by atoms with Gasteiger partial charge >= 0.3 is 7.12 Å². The molecule has 2 rings (SSSR count). The van der Waals surface area contributed by atoms with Gasteiger partial charge in [0.15, 0.2) is 0 Å². The van der Waals surface area contributed by atoms with Crippen LogP contribution < -0.4 is 11.2 Å². The van der Waals surface area contributed by atoms with E-state index < -0.39 is 30.8 Å². The van der Waals surface area contributed by atoms with Crippen LogP contribution in [-0.2, 0) is 15.2 Å². The predicted octanol–water partition coefficient (Wildman–Crippen LogP) is 1.43. The molecule has 0 unspecified atom stereocenters. The van der Waals surface area contributed by atoms with Gasteiger partial charge in [0, 0.05) is 23.4 Å². The first-order valence-corrected chi connectivity index (χ1v) is 6.48. The van der Waals surface area contributed by atoms with Crippen molar-refractivity contribution in [3.05, 3.63) is 24.0 Å². The Morgan fingerprint density at radius 2 is 1.75 bits per heavy atom. The van der Waals surface area contributed by atoms with E-state index in [-0.39, 0.29) is 5.56 Å². The Bertz CT molecular complexity index is 493. The largest absolute Gasteiger partial charge is 0.496 e. The molecular weight excluding hydrogens is 265 g/mol. The third-order valence-corrected chi connectivity index (χ3v) is 3.96. The first-order chi connectivity index (χ1) is 9.09. The van der Waals surface area contributed by atoms with E-state index in [0.717, 1.165) is 6.20 Å². The SMILES string of the molecule is CC1(C)OB(c2cncc(C(F)(F)CN)c2)OC1(C)C. The van der Waals surface area contributed by atoms with Crippen LogP contribution in [0.25, 0.3) is 0 Å². The highest BCUT2D eigenvalue weighted by atomic mass is 19.3. The van der Waals surface area contributed by atoms with Gasteiger partial charge in [0.2, 0.25) is 0 Å². The third-order valence-electron chi connectivity index (χ3n) is 3.96.